The molecule has 0 bridgehead atoms. The maximum atomic E-state index is 11.9. The normalized spacial score (nSPS) is 14.2. The molecule has 1 aromatic rings. The van der Waals surface area contributed by atoms with Crippen molar-refractivity contribution in [2.45, 2.75) is 26.0 Å². The van der Waals surface area contributed by atoms with Gasteiger partial charge in [-0.05, 0) is 40.1 Å². The highest BCUT2D eigenvalue weighted by molar-refractivity contribution is 14.2. The first kappa shape index (κ1) is 15.8. The van der Waals surface area contributed by atoms with Crippen LogP contribution in [0.25, 0.3) is 0 Å². The third kappa shape index (κ3) is 3.37. The maximum Gasteiger partial charge on any atom is 0.354 e. The Morgan fingerprint density at radius 3 is 3.00 bits per heavy atom. The molecule has 1 aliphatic rings. The summed E-state index contributed by atoms with van der Waals surface area (Å²) >= 11 is 2.21. The van der Waals surface area contributed by atoms with E-state index < -0.39 is 5.97 Å². The van der Waals surface area contributed by atoms with Crippen LogP contribution < -0.4 is 0 Å². The van der Waals surface area contributed by atoms with Crippen LogP contribution in [-0.4, -0.2) is 35.8 Å². The van der Waals surface area contributed by atoms with Crippen LogP contribution in [-0.2, 0) is 22.6 Å². The van der Waals surface area contributed by atoms with Crippen molar-refractivity contribution in [3.8, 4) is 0 Å². The van der Waals surface area contributed by atoms with E-state index in [1.165, 1.54) is 7.11 Å². The van der Waals surface area contributed by atoms with E-state index in [0.717, 1.165) is 24.3 Å². The molecule has 110 valence electrons. The minimum atomic E-state index is -0.431. The summed E-state index contributed by atoms with van der Waals surface area (Å²) in [6.07, 6.45) is 2.16. The number of ketones is 1. The van der Waals surface area contributed by atoms with E-state index in [4.69, 9.17) is 9.47 Å². The summed E-state index contributed by atoms with van der Waals surface area (Å²) in [5.74, 6) is 0.549. The summed E-state index contributed by atoms with van der Waals surface area (Å²) in [5, 5.41) is 0. The molecule has 0 saturated carbocycles. The fourth-order valence-corrected chi connectivity index (χ4v) is 3.04. The van der Waals surface area contributed by atoms with Gasteiger partial charge in [-0.1, -0.05) is 8.93 Å². The number of carbonyl (C=O) groups is 2. The van der Waals surface area contributed by atoms with Crippen LogP contribution in [0.3, 0.4) is 0 Å². The van der Waals surface area contributed by atoms with Crippen molar-refractivity contribution in [3.05, 3.63) is 23.0 Å². The molecule has 7 heteroatoms. The van der Waals surface area contributed by atoms with Crippen molar-refractivity contribution in [2.75, 3.05) is 19.5 Å². The van der Waals surface area contributed by atoms with Crippen molar-refractivity contribution in [1.82, 2.24) is 4.57 Å². The second-order valence-corrected chi connectivity index (χ2v) is 6.93. The first-order valence-corrected chi connectivity index (χ1v) is 9.87. The van der Waals surface area contributed by atoms with Crippen molar-refractivity contribution in [2.24, 2.45) is 0 Å². The van der Waals surface area contributed by atoms with Crippen LogP contribution in [0.4, 0.5) is 0 Å². The number of rotatable bonds is 6. The molecule has 2 rings (SSSR count). The Labute approximate surface area is 134 Å². The molecule has 0 atom stereocenters. The zero-order valence-electron chi connectivity index (χ0n) is 11.2. The number of hydrogen-bond acceptors (Lipinski definition) is 5. The molecule has 0 saturated heterocycles. The summed E-state index contributed by atoms with van der Waals surface area (Å²) in [5.41, 5.74) is 1.93. The van der Waals surface area contributed by atoms with Gasteiger partial charge in [0.25, 0.3) is 0 Å². The minimum Gasteiger partial charge on any atom is -0.464 e. The second-order valence-electron chi connectivity index (χ2n) is 4.44. The second kappa shape index (κ2) is 7.46. The predicted octanol–water partition coefficient (Wildman–Crippen LogP) is 2.85. The monoisotopic (exact) mass is 409 g/mol. The molecule has 0 fully saturated rings. The smallest absolute Gasteiger partial charge is 0.354 e. The number of fused-ring (bicyclic) bond motifs is 1. The Morgan fingerprint density at radius 2 is 2.30 bits per heavy atom. The Kier molecular flexibility index (Phi) is 5.91. The lowest BCUT2D eigenvalue weighted by Crippen LogP contribution is -2.18. The van der Waals surface area contributed by atoms with Crippen LogP contribution in [0.5, 0.6) is 0 Å². The van der Waals surface area contributed by atoms with Crippen molar-refractivity contribution in [3.63, 3.8) is 0 Å². The zero-order valence-corrected chi connectivity index (χ0v) is 14.2. The number of ether oxygens (including phenoxy) is 2. The van der Waals surface area contributed by atoms with Crippen LogP contribution in [0.2, 0.25) is 0 Å². The molecular weight excluding hydrogens is 393 g/mol. The van der Waals surface area contributed by atoms with Crippen LogP contribution in [0, 0.1) is 0 Å². The number of hydrogen-bond donors (Lipinski definition) is 0. The molecule has 0 aromatic carbocycles. The van der Waals surface area contributed by atoms with Crippen molar-refractivity contribution < 1.29 is 19.1 Å². The summed E-state index contributed by atoms with van der Waals surface area (Å²) in [7, 11) is 3.01. The van der Waals surface area contributed by atoms with Gasteiger partial charge in [-0.2, -0.15) is 0 Å². The largest absolute Gasteiger partial charge is 0.464 e. The standard InChI is InChI=1S/C13H16INO4S/c1-18-13(17)11-7-9-10(3-2-4-12(9)16)15(11)8-19-5-6-20-14/h7H,2-6,8H2,1H3. The number of halogens is 1. The van der Waals surface area contributed by atoms with Crippen molar-refractivity contribution in [1.29, 1.82) is 0 Å². The molecule has 0 radical (unpaired) electrons. The zero-order chi connectivity index (χ0) is 14.5. The van der Waals surface area contributed by atoms with Crippen LogP contribution in [0.15, 0.2) is 6.07 Å². The fourth-order valence-electron chi connectivity index (χ4n) is 2.32. The number of nitrogens with zero attached hydrogens (tertiary/aromatic N) is 1. The van der Waals surface area contributed by atoms with Gasteiger partial charge in [0.1, 0.15) is 12.4 Å². The molecule has 1 heterocycles. The minimum absolute atomic E-state index is 0.0953. The third-order valence-electron chi connectivity index (χ3n) is 3.25. The Morgan fingerprint density at radius 1 is 1.50 bits per heavy atom. The lowest BCUT2D eigenvalue weighted by Gasteiger charge is -2.16. The fraction of sp³-hybridized carbons (Fsp3) is 0.538. The number of esters is 1. The number of methoxy groups -OCH3 is 1. The first-order chi connectivity index (χ1) is 9.69. The van der Waals surface area contributed by atoms with Gasteiger partial charge in [-0.15, -0.1) is 0 Å². The van der Waals surface area contributed by atoms with Gasteiger partial charge < -0.3 is 14.0 Å². The van der Waals surface area contributed by atoms with E-state index in [-0.39, 0.29) is 12.5 Å². The highest BCUT2D eigenvalue weighted by atomic mass is 127. The average molecular weight is 409 g/mol. The van der Waals surface area contributed by atoms with E-state index in [9.17, 15) is 9.59 Å². The van der Waals surface area contributed by atoms with E-state index in [2.05, 4.69) is 21.2 Å². The molecule has 0 spiro atoms. The van der Waals surface area contributed by atoms with Crippen molar-refractivity contribution >= 4 is 41.9 Å². The van der Waals surface area contributed by atoms with Gasteiger partial charge in [0.15, 0.2) is 5.78 Å². The molecule has 1 aromatic heterocycles. The van der Waals surface area contributed by atoms with E-state index in [1.807, 2.05) is 0 Å². The summed E-state index contributed by atoms with van der Waals surface area (Å²) in [6, 6.07) is 1.64. The highest BCUT2D eigenvalue weighted by Gasteiger charge is 2.26. The molecule has 0 aliphatic heterocycles. The third-order valence-corrected chi connectivity index (χ3v) is 4.89. The molecule has 0 amide bonds. The quantitative estimate of drug-likeness (QED) is 0.411. The number of Topliss-reactive ketones (excluding diaryl/α,β-unsaturated/α-hetero) is 1. The van der Waals surface area contributed by atoms with E-state index in [0.29, 0.717) is 24.3 Å². The van der Waals surface area contributed by atoms with Gasteiger partial charge in [0.2, 0.25) is 0 Å². The van der Waals surface area contributed by atoms with Gasteiger partial charge in [-0.25, -0.2) is 4.79 Å². The predicted molar refractivity (Wildman–Crippen MR) is 85.5 cm³/mol. The lowest BCUT2D eigenvalue weighted by molar-refractivity contribution is 0.0539. The van der Waals surface area contributed by atoms with Crippen LogP contribution >= 0.6 is 30.1 Å². The average Bonchev–Trinajstić information content (AvgIpc) is 2.83. The summed E-state index contributed by atoms with van der Waals surface area (Å²) in [6.45, 7) is 0.888. The van der Waals surface area contributed by atoms with E-state index in [1.54, 1.807) is 19.6 Å². The van der Waals surface area contributed by atoms with Gasteiger partial charge in [0.05, 0.1) is 13.7 Å². The van der Waals surface area contributed by atoms with Gasteiger partial charge >= 0.3 is 5.97 Å². The summed E-state index contributed by atoms with van der Waals surface area (Å²) < 4.78 is 12.1. The van der Waals surface area contributed by atoms with Crippen LogP contribution in [0.1, 0.15) is 39.4 Å². The molecule has 0 unspecified atom stereocenters. The number of carbonyl (C=O) groups excluding carboxylic acids is 2. The van der Waals surface area contributed by atoms with Gasteiger partial charge in [0, 0.05) is 23.4 Å². The molecule has 0 N–H and O–H groups in total. The maximum absolute atomic E-state index is 11.9. The number of aromatic nitrogens is 1. The van der Waals surface area contributed by atoms with Gasteiger partial charge in [-0.3, -0.25) is 4.79 Å². The Balaban J connectivity index is 2.26. The van der Waals surface area contributed by atoms with E-state index >= 15 is 0 Å². The molecule has 20 heavy (non-hydrogen) atoms. The Bertz CT molecular complexity index is 515. The Hall–Kier alpha value is -0.540. The SMILES string of the molecule is COC(=O)c1cc2c(n1COCCSI)CCCC2=O. The molecular formula is C13H16INO4S. The molecule has 5 nitrogen and oxygen atoms in total. The molecule has 1 aliphatic carbocycles. The highest BCUT2D eigenvalue weighted by Crippen LogP contribution is 2.26. The first-order valence-electron chi connectivity index (χ1n) is 6.34. The topological polar surface area (TPSA) is 57.5 Å². The summed E-state index contributed by atoms with van der Waals surface area (Å²) in [4.78, 5) is 23.8. The lowest BCUT2D eigenvalue weighted by atomic mass is 9.97.